The first-order valence-corrected chi connectivity index (χ1v) is 15.6. The molecule has 1 unspecified atom stereocenters. The van der Waals surface area contributed by atoms with Gasteiger partial charge in [0.05, 0.1) is 28.3 Å². The summed E-state index contributed by atoms with van der Waals surface area (Å²) in [7, 11) is 3.69. The van der Waals surface area contributed by atoms with E-state index in [2.05, 4.69) is 27.2 Å². The van der Waals surface area contributed by atoms with E-state index in [1.54, 1.807) is 38.4 Å². The maximum atomic E-state index is 13.5. The van der Waals surface area contributed by atoms with Gasteiger partial charge >= 0.3 is 0 Å². The molecule has 0 bridgehead atoms. The second kappa shape index (κ2) is 24.8. The number of rotatable bonds is 10. The molecule has 4 rings (SSSR count). The highest BCUT2D eigenvalue weighted by atomic mass is 19.1. The smallest absolute Gasteiger partial charge is 0.165 e. The minimum absolute atomic E-state index is 0.0793. The molecule has 1 saturated heterocycles. The molecular formula is C36H52F2N6O2. The van der Waals surface area contributed by atoms with Gasteiger partial charge in [-0.25, -0.2) is 8.78 Å². The molecule has 1 aliphatic heterocycles. The van der Waals surface area contributed by atoms with Crippen molar-refractivity contribution in [3.05, 3.63) is 101 Å². The van der Waals surface area contributed by atoms with E-state index in [-0.39, 0.29) is 17.7 Å². The van der Waals surface area contributed by atoms with Crippen LogP contribution in [0.5, 0.6) is 0 Å². The van der Waals surface area contributed by atoms with E-state index in [4.69, 9.17) is 5.41 Å². The van der Waals surface area contributed by atoms with Crippen LogP contribution in [0.4, 0.5) is 8.78 Å². The molecule has 2 aromatic heterocycles. The summed E-state index contributed by atoms with van der Waals surface area (Å²) in [5.41, 5.74) is 4.67. The number of pyridine rings is 1. The highest BCUT2D eigenvalue weighted by molar-refractivity contribution is 5.80. The van der Waals surface area contributed by atoms with E-state index >= 15 is 0 Å². The molecular weight excluding hydrogens is 586 g/mol. The first-order valence-electron chi connectivity index (χ1n) is 15.6. The van der Waals surface area contributed by atoms with Crippen LogP contribution in [0.15, 0.2) is 78.4 Å². The second-order valence-corrected chi connectivity index (χ2v) is 9.85. The van der Waals surface area contributed by atoms with Crippen molar-refractivity contribution >= 4 is 29.7 Å². The SMILES string of the molecule is C/C=C(\C=N)CN/C(C=O)=C/C.C=C1CCC(C=O)N1C.CC.CCCc1ccccc1F.CNCc1[nH]c2ccncc2c1F. The number of aromatic amines is 1. The van der Waals surface area contributed by atoms with E-state index in [1.165, 1.54) is 18.5 Å². The topological polar surface area (TPSA) is 114 Å². The average molecular weight is 639 g/mol. The quantitative estimate of drug-likeness (QED) is 0.105. The Labute approximate surface area is 273 Å². The Morgan fingerprint density at radius 1 is 1.17 bits per heavy atom. The molecule has 0 saturated carbocycles. The number of aryl methyl sites for hydroxylation is 1. The number of carbonyl (C=O) groups is 2. The van der Waals surface area contributed by atoms with Crippen LogP contribution in [-0.4, -0.2) is 60.3 Å². The number of halogens is 2. The molecule has 8 nitrogen and oxygen atoms in total. The van der Waals surface area contributed by atoms with Gasteiger partial charge in [-0.15, -0.1) is 0 Å². The number of nitrogens with one attached hydrogen (secondary N) is 4. The molecule has 1 aliphatic rings. The van der Waals surface area contributed by atoms with Crippen molar-refractivity contribution in [2.24, 2.45) is 0 Å². The first-order chi connectivity index (χ1) is 22.2. The maximum absolute atomic E-state index is 13.5. The number of hydrogen-bond acceptors (Lipinski definition) is 7. The predicted octanol–water partition coefficient (Wildman–Crippen LogP) is 7.29. The maximum Gasteiger partial charge on any atom is 0.165 e. The van der Waals surface area contributed by atoms with Gasteiger partial charge in [0.1, 0.15) is 12.1 Å². The Morgan fingerprint density at radius 3 is 2.33 bits per heavy atom. The van der Waals surface area contributed by atoms with Crippen LogP contribution in [0.1, 0.15) is 65.1 Å². The number of aldehydes is 2. The number of allylic oxidation sites excluding steroid dienone is 4. The second-order valence-electron chi connectivity index (χ2n) is 9.85. The van der Waals surface area contributed by atoms with Crippen LogP contribution in [0.25, 0.3) is 10.9 Å². The van der Waals surface area contributed by atoms with Crippen LogP contribution in [0, 0.1) is 17.0 Å². The predicted molar refractivity (Wildman–Crippen MR) is 187 cm³/mol. The van der Waals surface area contributed by atoms with Crippen LogP contribution in [-0.2, 0) is 22.6 Å². The van der Waals surface area contributed by atoms with Gasteiger partial charge in [-0.2, -0.15) is 0 Å². The van der Waals surface area contributed by atoms with Crippen molar-refractivity contribution in [1.29, 1.82) is 5.41 Å². The molecule has 0 amide bonds. The number of aromatic nitrogens is 2. The van der Waals surface area contributed by atoms with Gasteiger partial charge in [-0.3, -0.25) is 9.78 Å². The van der Waals surface area contributed by atoms with E-state index < -0.39 is 0 Å². The molecule has 4 N–H and O–H groups in total. The fourth-order valence-electron chi connectivity index (χ4n) is 4.06. The molecule has 0 spiro atoms. The largest absolute Gasteiger partial charge is 0.379 e. The lowest BCUT2D eigenvalue weighted by Crippen LogP contribution is -2.24. The number of nitrogens with zero attached hydrogens (tertiary/aromatic N) is 2. The van der Waals surface area contributed by atoms with E-state index in [9.17, 15) is 18.4 Å². The van der Waals surface area contributed by atoms with Crippen molar-refractivity contribution in [1.82, 2.24) is 25.5 Å². The lowest BCUT2D eigenvalue weighted by Gasteiger charge is -2.16. The Balaban J connectivity index is 0.000000581. The number of hydrogen-bond donors (Lipinski definition) is 4. The van der Waals surface area contributed by atoms with Crippen LogP contribution < -0.4 is 10.6 Å². The van der Waals surface area contributed by atoms with Gasteiger partial charge < -0.3 is 30.7 Å². The number of H-pyrrole nitrogens is 1. The van der Waals surface area contributed by atoms with Crippen LogP contribution in [0.2, 0.25) is 0 Å². The summed E-state index contributed by atoms with van der Waals surface area (Å²) in [6.07, 6.45) is 13.5. The lowest BCUT2D eigenvalue weighted by molar-refractivity contribution is -0.111. The molecule has 0 radical (unpaired) electrons. The van der Waals surface area contributed by atoms with Crippen LogP contribution >= 0.6 is 0 Å². The monoisotopic (exact) mass is 638 g/mol. The average Bonchev–Trinajstić information content (AvgIpc) is 3.59. The summed E-state index contributed by atoms with van der Waals surface area (Å²) in [6, 6.07) is 8.78. The van der Waals surface area contributed by atoms with Crippen molar-refractivity contribution in [2.75, 3.05) is 20.6 Å². The minimum Gasteiger partial charge on any atom is -0.379 e. The third-order valence-corrected chi connectivity index (χ3v) is 6.81. The minimum atomic E-state index is -0.211. The number of likely N-dealkylation sites (N-methyl/N-ethyl adjacent to an activating group) is 1. The molecule has 1 fully saturated rings. The summed E-state index contributed by atoms with van der Waals surface area (Å²) in [4.78, 5) is 29.4. The molecule has 3 heterocycles. The Kier molecular flexibility index (Phi) is 22.4. The lowest BCUT2D eigenvalue weighted by atomic mass is 10.1. The molecule has 1 atom stereocenters. The van der Waals surface area contributed by atoms with E-state index in [0.29, 0.717) is 29.9 Å². The zero-order valence-electron chi connectivity index (χ0n) is 28.4. The van der Waals surface area contributed by atoms with Gasteiger partial charge in [-0.05, 0) is 63.4 Å². The summed E-state index contributed by atoms with van der Waals surface area (Å²) in [5, 5.41) is 13.3. The van der Waals surface area contributed by atoms with Gasteiger partial charge in [0, 0.05) is 44.4 Å². The number of benzene rings is 1. The molecule has 10 heteroatoms. The fourth-order valence-corrected chi connectivity index (χ4v) is 4.06. The molecule has 46 heavy (non-hydrogen) atoms. The summed E-state index contributed by atoms with van der Waals surface area (Å²) >= 11 is 0. The number of carbonyl (C=O) groups excluding carboxylic acids is 2. The standard InChI is InChI=1S/C9H10FN3.C9H11F.C9H14N2O.C7H11NO.C2H6/c1-11-5-8-9(10)6-4-12-3-2-7(6)13-8;1-2-5-8-6-3-4-7-9(8)10;1-3-8(5-10)6-11-9(4-2)7-12;1-6-3-4-7(5-9)8(6)2;1-2/h2-4,11,13H,5H2,1H3;3-4,6-7H,2,5H2,1H3;3-5,7,10-11H,6H2,1-2H3;5,7H,1,3-4H2,2H3;1-2H3/b;;8-3+,9-4+,10-5?;;. The molecule has 3 aromatic rings. The number of fused-ring (bicyclic) bond motifs is 1. The Morgan fingerprint density at radius 2 is 1.87 bits per heavy atom. The zero-order valence-corrected chi connectivity index (χ0v) is 28.4. The molecule has 0 aliphatic carbocycles. The van der Waals surface area contributed by atoms with E-state index in [1.807, 2.05) is 57.9 Å². The van der Waals surface area contributed by atoms with Crippen LogP contribution in [0.3, 0.4) is 0 Å². The first kappa shape index (κ1) is 41.6. The van der Waals surface area contributed by atoms with Gasteiger partial charge in [-0.1, -0.05) is 64.1 Å². The third kappa shape index (κ3) is 14.6. The van der Waals surface area contributed by atoms with E-state index in [0.717, 1.165) is 60.6 Å². The summed E-state index contributed by atoms with van der Waals surface area (Å²) in [5.74, 6) is -0.290. The number of likely N-dealkylation sites (tertiary alicyclic amines) is 1. The van der Waals surface area contributed by atoms with Crippen molar-refractivity contribution in [2.45, 2.75) is 72.9 Å². The fraction of sp³-hybridized carbons (Fsp3) is 0.389. The zero-order chi connectivity index (χ0) is 34.9. The van der Waals surface area contributed by atoms with Crippen molar-refractivity contribution in [3.63, 3.8) is 0 Å². The Hall–Kier alpha value is -4.44. The molecule has 1 aromatic carbocycles. The van der Waals surface area contributed by atoms with Crippen molar-refractivity contribution in [3.8, 4) is 0 Å². The Bertz CT molecular complexity index is 1380. The van der Waals surface area contributed by atoms with Gasteiger partial charge in [0.15, 0.2) is 12.1 Å². The van der Waals surface area contributed by atoms with Crippen molar-refractivity contribution < 1.29 is 18.4 Å². The third-order valence-electron chi connectivity index (χ3n) is 6.81. The summed E-state index contributed by atoms with van der Waals surface area (Å²) in [6.45, 7) is 14.5. The highest BCUT2D eigenvalue weighted by Crippen LogP contribution is 2.22. The summed E-state index contributed by atoms with van der Waals surface area (Å²) < 4.78 is 26.3. The van der Waals surface area contributed by atoms with Gasteiger partial charge in [0.25, 0.3) is 0 Å². The van der Waals surface area contributed by atoms with Gasteiger partial charge in [0.2, 0.25) is 0 Å². The normalized spacial score (nSPS) is 13.9. The molecule has 252 valence electrons. The highest BCUT2D eigenvalue weighted by Gasteiger charge is 2.21.